The van der Waals surface area contributed by atoms with Gasteiger partial charge >= 0.3 is 6.03 Å². The monoisotopic (exact) mass is 349 g/mol. The number of likely N-dealkylation sites (tertiary alicyclic amines) is 1. The average molecular weight is 349 g/mol. The van der Waals surface area contributed by atoms with Gasteiger partial charge in [-0.25, -0.2) is 4.79 Å². The van der Waals surface area contributed by atoms with Gasteiger partial charge in [0.25, 0.3) is 0 Å². The van der Waals surface area contributed by atoms with E-state index in [1.54, 1.807) is 6.20 Å². The highest BCUT2D eigenvalue weighted by atomic mass is 16.2. The van der Waals surface area contributed by atoms with Crippen molar-refractivity contribution in [2.24, 2.45) is 7.05 Å². The number of anilines is 1. The predicted molar refractivity (Wildman–Crippen MR) is 101 cm³/mol. The molecule has 1 saturated heterocycles. The molecule has 1 aliphatic rings. The zero-order chi connectivity index (χ0) is 17.9. The molecule has 4 rings (SSSR count). The van der Waals surface area contributed by atoms with Crippen molar-refractivity contribution < 1.29 is 4.79 Å². The van der Waals surface area contributed by atoms with E-state index in [4.69, 9.17) is 0 Å². The lowest BCUT2D eigenvalue weighted by molar-refractivity contribution is 0.205. The van der Waals surface area contributed by atoms with Crippen molar-refractivity contribution in [3.05, 3.63) is 72.3 Å². The van der Waals surface area contributed by atoms with Crippen LogP contribution in [0.1, 0.15) is 30.1 Å². The molecule has 3 aromatic rings. The molecule has 0 unspecified atom stereocenters. The van der Waals surface area contributed by atoms with Crippen LogP contribution in [-0.4, -0.2) is 31.8 Å². The van der Waals surface area contributed by atoms with Gasteiger partial charge < -0.3 is 14.8 Å². The summed E-state index contributed by atoms with van der Waals surface area (Å²) < 4.78 is 3.93. The number of hydrogen-bond donors (Lipinski definition) is 1. The lowest BCUT2D eigenvalue weighted by Crippen LogP contribution is -2.35. The summed E-state index contributed by atoms with van der Waals surface area (Å²) in [5.41, 5.74) is 3.08. The normalized spacial score (nSPS) is 16.8. The quantitative estimate of drug-likeness (QED) is 0.782. The van der Waals surface area contributed by atoms with Crippen LogP contribution in [0.5, 0.6) is 0 Å². The number of amides is 2. The number of urea groups is 1. The van der Waals surface area contributed by atoms with Gasteiger partial charge in [0.1, 0.15) is 0 Å². The lowest BCUT2D eigenvalue weighted by Gasteiger charge is -2.25. The van der Waals surface area contributed by atoms with Crippen LogP contribution in [0.25, 0.3) is 0 Å². The summed E-state index contributed by atoms with van der Waals surface area (Å²) in [7, 11) is 2.03. The number of carbonyl (C=O) groups excluding carboxylic acids is 1. The van der Waals surface area contributed by atoms with E-state index in [0.29, 0.717) is 6.54 Å². The summed E-state index contributed by atoms with van der Waals surface area (Å²) in [5.74, 6) is 0. The molecule has 1 fully saturated rings. The number of carbonyl (C=O) groups is 1. The minimum atomic E-state index is -0.0621. The van der Waals surface area contributed by atoms with Crippen LogP contribution in [0.15, 0.2) is 61.1 Å². The van der Waals surface area contributed by atoms with E-state index in [0.717, 1.165) is 25.1 Å². The van der Waals surface area contributed by atoms with Crippen molar-refractivity contribution in [1.82, 2.24) is 19.2 Å². The van der Waals surface area contributed by atoms with E-state index in [9.17, 15) is 4.79 Å². The first-order chi connectivity index (χ1) is 12.7. The highest BCUT2D eigenvalue weighted by molar-refractivity contribution is 5.89. The fourth-order valence-corrected chi connectivity index (χ4v) is 3.62. The molecule has 26 heavy (non-hydrogen) atoms. The third-order valence-corrected chi connectivity index (χ3v) is 4.91. The molecular formula is C20H23N5O. The van der Waals surface area contributed by atoms with Crippen LogP contribution >= 0.6 is 0 Å². The first-order valence-corrected chi connectivity index (χ1v) is 8.96. The van der Waals surface area contributed by atoms with Gasteiger partial charge in [-0.3, -0.25) is 4.68 Å². The van der Waals surface area contributed by atoms with Gasteiger partial charge in [-0.2, -0.15) is 5.10 Å². The molecule has 0 radical (unpaired) electrons. The molecule has 6 heteroatoms. The van der Waals surface area contributed by atoms with Crippen LogP contribution < -0.4 is 5.32 Å². The summed E-state index contributed by atoms with van der Waals surface area (Å²) in [4.78, 5) is 14.7. The zero-order valence-electron chi connectivity index (χ0n) is 14.9. The van der Waals surface area contributed by atoms with Crippen molar-refractivity contribution in [3.63, 3.8) is 0 Å². The minimum absolute atomic E-state index is 0.0621. The molecular weight excluding hydrogens is 326 g/mol. The molecule has 6 nitrogen and oxygen atoms in total. The van der Waals surface area contributed by atoms with Crippen molar-refractivity contribution in [2.45, 2.75) is 25.4 Å². The van der Waals surface area contributed by atoms with Crippen molar-refractivity contribution in [2.75, 3.05) is 11.9 Å². The lowest BCUT2D eigenvalue weighted by atomic mass is 10.1. The van der Waals surface area contributed by atoms with Crippen LogP contribution in [0.3, 0.4) is 0 Å². The second kappa shape index (κ2) is 7.07. The topological polar surface area (TPSA) is 55.1 Å². The molecule has 0 bridgehead atoms. The highest BCUT2D eigenvalue weighted by Gasteiger charge is 2.31. The maximum Gasteiger partial charge on any atom is 0.322 e. The Balaban J connectivity index is 1.42. The van der Waals surface area contributed by atoms with Crippen LogP contribution in [0.4, 0.5) is 10.5 Å². The molecule has 2 amide bonds. The molecule has 1 N–H and O–H groups in total. The van der Waals surface area contributed by atoms with Gasteiger partial charge in [0.05, 0.1) is 24.5 Å². The fraction of sp³-hybridized carbons (Fsp3) is 0.300. The minimum Gasteiger partial charge on any atom is -0.353 e. The summed E-state index contributed by atoms with van der Waals surface area (Å²) in [6, 6.07) is 14.3. The summed E-state index contributed by atoms with van der Waals surface area (Å²) in [6.45, 7) is 1.46. The summed E-state index contributed by atoms with van der Waals surface area (Å²) in [6.07, 6.45) is 7.62. The molecule has 1 aliphatic heterocycles. The first-order valence-electron chi connectivity index (χ1n) is 8.96. The van der Waals surface area contributed by atoms with Crippen molar-refractivity contribution in [3.8, 4) is 0 Å². The Morgan fingerprint density at radius 3 is 2.85 bits per heavy atom. The van der Waals surface area contributed by atoms with Gasteiger partial charge in [0.2, 0.25) is 0 Å². The molecule has 134 valence electrons. The number of benzene rings is 1. The number of nitrogens with zero attached hydrogens (tertiary/aromatic N) is 4. The van der Waals surface area contributed by atoms with E-state index in [-0.39, 0.29) is 12.1 Å². The van der Waals surface area contributed by atoms with Crippen LogP contribution in [0.2, 0.25) is 0 Å². The molecule has 0 saturated carbocycles. The zero-order valence-corrected chi connectivity index (χ0v) is 14.9. The summed E-state index contributed by atoms with van der Waals surface area (Å²) >= 11 is 0. The molecule has 2 aromatic heterocycles. The molecule has 0 aliphatic carbocycles. The largest absolute Gasteiger partial charge is 0.353 e. The van der Waals surface area contributed by atoms with E-state index in [1.807, 2.05) is 53.3 Å². The fourth-order valence-electron chi connectivity index (χ4n) is 3.62. The Kier molecular flexibility index (Phi) is 4.48. The van der Waals surface area contributed by atoms with Gasteiger partial charge in [-0.15, -0.1) is 0 Å². The van der Waals surface area contributed by atoms with Crippen molar-refractivity contribution in [1.29, 1.82) is 0 Å². The molecule has 1 aromatic carbocycles. The first kappa shape index (κ1) is 16.4. The second-order valence-electron chi connectivity index (χ2n) is 6.74. The van der Waals surface area contributed by atoms with Crippen LogP contribution in [0, 0.1) is 0 Å². The third-order valence-electron chi connectivity index (χ3n) is 4.91. The van der Waals surface area contributed by atoms with E-state index in [2.05, 4.69) is 33.2 Å². The van der Waals surface area contributed by atoms with Crippen molar-refractivity contribution >= 4 is 11.7 Å². The standard InChI is InChI=1S/C20H23N5O/c1-23-11-5-9-18(23)19-10-6-12-25(19)20(26)22-17-13-21-24(15-17)14-16-7-3-2-4-8-16/h2-5,7-9,11,13,15,19H,6,10,12,14H2,1H3,(H,22,26)/t19-/m1/s1. The van der Waals surface area contributed by atoms with Crippen LogP contribution in [-0.2, 0) is 13.6 Å². The SMILES string of the molecule is Cn1cccc1[C@H]1CCCN1C(=O)Nc1cnn(Cc2ccccc2)c1. The maximum atomic E-state index is 12.8. The molecule has 0 spiro atoms. The molecule has 1 atom stereocenters. The number of hydrogen-bond acceptors (Lipinski definition) is 2. The van der Waals surface area contributed by atoms with E-state index in [1.165, 1.54) is 11.3 Å². The van der Waals surface area contributed by atoms with Gasteiger partial charge in [0, 0.05) is 31.7 Å². The third kappa shape index (κ3) is 3.35. The number of aromatic nitrogens is 3. The Labute approximate surface area is 153 Å². The Morgan fingerprint density at radius 2 is 2.08 bits per heavy atom. The van der Waals surface area contributed by atoms with Gasteiger partial charge in [0.15, 0.2) is 0 Å². The van der Waals surface area contributed by atoms with Gasteiger partial charge in [-0.05, 0) is 30.5 Å². The number of aryl methyl sites for hydroxylation is 1. The Morgan fingerprint density at radius 1 is 1.23 bits per heavy atom. The predicted octanol–water partition coefficient (Wildman–Crippen LogP) is 3.64. The Bertz CT molecular complexity index is 883. The summed E-state index contributed by atoms with van der Waals surface area (Å²) in [5, 5.41) is 7.35. The second-order valence-corrected chi connectivity index (χ2v) is 6.74. The van der Waals surface area contributed by atoms with E-state index >= 15 is 0 Å². The smallest absolute Gasteiger partial charge is 0.322 e. The molecule has 3 heterocycles. The Hall–Kier alpha value is -3.02. The number of rotatable bonds is 4. The van der Waals surface area contributed by atoms with E-state index < -0.39 is 0 Å². The van der Waals surface area contributed by atoms with Gasteiger partial charge in [-0.1, -0.05) is 30.3 Å². The average Bonchev–Trinajstić information content (AvgIpc) is 3.36. The highest BCUT2D eigenvalue weighted by Crippen LogP contribution is 2.32. The maximum absolute atomic E-state index is 12.8. The number of nitrogens with one attached hydrogen (secondary N) is 1.